The lowest BCUT2D eigenvalue weighted by atomic mass is 9.98. The second-order valence-electron chi connectivity index (χ2n) is 12.2. The van der Waals surface area contributed by atoms with Gasteiger partial charge in [-0.15, -0.1) is 0 Å². The van der Waals surface area contributed by atoms with Gasteiger partial charge < -0.3 is 4.42 Å². The Bertz CT molecular complexity index is 2490. The summed E-state index contributed by atoms with van der Waals surface area (Å²) in [5, 5.41) is 2.25. The fourth-order valence-electron chi connectivity index (χ4n) is 6.66. The number of benzene rings is 7. The molecule has 0 aliphatic rings. The van der Waals surface area contributed by atoms with E-state index in [0.717, 1.165) is 72.3 Å². The third kappa shape index (κ3) is 5.48. The minimum atomic E-state index is 0.682. The molecule has 0 radical (unpaired) electrons. The van der Waals surface area contributed by atoms with Crippen molar-refractivity contribution >= 4 is 21.9 Å². The fraction of sp³-hybridized carbons (Fsp3) is 0. The number of fused-ring (bicyclic) bond motifs is 3. The van der Waals surface area contributed by atoms with Gasteiger partial charge in [-0.05, 0) is 63.7 Å². The number of rotatable bonds is 6. The van der Waals surface area contributed by atoms with E-state index in [4.69, 9.17) is 14.4 Å². The normalized spacial score (nSPS) is 11.3. The molecule has 0 N–H and O–H groups in total. The molecule has 0 unspecified atom stereocenters. The Labute approximate surface area is 284 Å². The molecule has 3 heteroatoms. The fourth-order valence-corrected chi connectivity index (χ4v) is 6.66. The van der Waals surface area contributed by atoms with Crippen LogP contribution in [-0.2, 0) is 0 Å². The number of hydrogen-bond donors (Lipinski definition) is 0. The Morgan fingerprint density at radius 1 is 0.327 bits per heavy atom. The van der Waals surface area contributed by atoms with Crippen LogP contribution in [0.3, 0.4) is 0 Å². The SMILES string of the molecule is c1ccc(-c2cccc(-c3cc(-c4cccc(-c5ccccc5)c4)nc(-c4ccc(-c5cccc6oc7ccccc7c56)cc4)n3)c2)cc1. The smallest absolute Gasteiger partial charge is 0.160 e. The molecule has 0 atom stereocenters. The summed E-state index contributed by atoms with van der Waals surface area (Å²) >= 11 is 0. The van der Waals surface area contributed by atoms with Crippen molar-refractivity contribution in [2.75, 3.05) is 0 Å². The topological polar surface area (TPSA) is 38.9 Å². The number of aromatic nitrogens is 2. The molecule has 0 bridgehead atoms. The number of hydrogen-bond acceptors (Lipinski definition) is 3. The number of nitrogens with zero attached hydrogens (tertiary/aromatic N) is 2. The first-order chi connectivity index (χ1) is 24.3. The van der Waals surface area contributed by atoms with E-state index in [-0.39, 0.29) is 0 Å². The van der Waals surface area contributed by atoms with Gasteiger partial charge in [-0.3, -0.25) is 0 Å². The highest BCUT2D eigenvalue weighted by molar-refractivity contribution is 6.12. The summed E-state index contributed by atoms with van der Waals surface area (Å²) < 4.78 is 6.17. The van der Waals surface area contributed by atoms with Gasteiger partial charge in [0.25, 0.3) is 0 Å². The van der Waals surface area contributed by atoms with Gasteiger partial charge in [-0.25, -0.2) is 9.97 Å². The summed E-state index contributed by atoms with van der Waals surface area (Å²) in [4.78, 5) is 10.3. The molecule has 3 nitrogen and oxygen atoms in total. The lowest BCUT2D eigenvalue weighted by Gasteiger charge is -2.12. The van der Waals surface area contributed by atoms with Gasteiger partial charge in [0, 0.05) is 27.5 Å². The summed E-state index contributed by atoms with van der Waals surface area (Å²) in [6.45, 7) is 0. The Morgan fingerprint density at radius 3 is 1.45 bits per heavy atom. The van der Waals surface area contributed by atoms with Crippen LogP contribution in [0, 0.1) is 0 Å². The van der Waals surface area contributed by atoms with Crippen LogP contribution in [0.4, 0.5) is 0 Å². The third-order valence-electron chi connectivity index (χ3n) is 9.11. The van der Waals surface area contributed by atoms with Gasteiger partial charge in [0.05, 0.1) is 11.4 Å². The van der Waals surface area contributed by atoms with Crippen LogP contribution >= 0.6 is 0 Å². The van der Waals surface area contributed by atoms with E-state index in [9.17, 15) is 0 Å². The first kappa shape index (κ1) is 28.6. The molecule has 0 fully saturated rings. The average Bonchev–Trinajstić information content (AvgIpc) is 3.58. The molecule has 0 amide bonds. The zero-order chi connectivity index (χ0) is 32.6. The maximum Gasteiger partial charge on any atom is 0.160 e. The van der Waals surface area contributed by atoms with Crippen LogP contribution in [0.1, 0.15) is 0 Å². The maximum absolute atomic E-state index is 6.17. The number of furan rings is 1. The van der Waals surface area contributed by atoms with Crippen LogP contribution in [-0.4, -0.2) is 9.97 Å². The van der Waals surface area contributed by atoms with E-state index in [1.165, 1.54) is 11.1 Å². The highest BCUT2D eigenvalue weighted by Gasteiger charge is 2.15. The molecule has 0 spiro atoms. The Balaban J connectivity index is 1.17. The Morgan fingerprint density at radius 2 is 0.816 bits per heavy atom. The van der Waals surface area contributed by atoms with Crippen LogP contribution in [0.2, 0.25) is 0 Å². The summed E-state index contributed by atoms with van der Waals surface area (Å²) in [5.74, 6) is 0.682. The molecule has 0 saturated carbocycles. The van der Waals surface area contributed by atoms with Gasteiger partial charge in [0.1, 0.15) is 11.2 Å². The van der Waals surface area contributed by atoms with Crippen LogP contribution in [0.15, 0.2) is 186 Å². The minimum Gasteiger partial charge on any atom is -0.456 e. The predicted octanol–water partition coefficient (Wildman–Crippen LogP) is 12.4. The molecule has 0 saturated heterocycles. The monoisotopic (exact) mass is 626 g/mol. The van der Waals surface area contributed by atoms with Crippen molar-refractivity contribution in [2.24, 2.45) is 0 Å². The summed E-state index contributed by atoms with van der Waals surface area (Å²) in [7, 11) is 0. The van der Waals surface area contributed by atoms with E-state index >= 15 is 0 Å². The molecule has 0 aliphatic carbocycles. The molecule has 230 valence electrons. The van der Waals surface area contributed by atoms with Crippen molar-refractivity contribution in [1.82, 2.24) is 9.97 Å². The molecular formula is C46H30N2O. The van der Waals surface area contributed by atoms with Crippen molar-refractivity contribution in [3.8, 4) is 67.3 Å². The van der Waals surface area contributed by atoms with Crippen molar-refractivity contribution in [3.63, 3.8) is 0 Å². The van der Waals surface area contributed by atoms with E-state index in [1.54, 1.807) is 0 Å². The van der Waals surface area contributed by atoms with E-state index < -0.39 is 0 Å². The van der Waals surface area contributed by atoms with Gasteiger partial charge in [0.15, 0.2) is 5.82 Å². The first-order valence-electron chi connectivity index (χ1n) is 16.5. The first-order valence-corrected chi connectivity index (χ1v) is 16.5. The van der Waals surface area contributed by atoms with Crippen LogP contribution in [0.25, 0.3) is 89.2 Å². The van der Waals surface area contributed by atoms with E-state index in [2.05, 4.69) is 152 Å². The largest absolute Gasteiger partial charge is 0.456 e. The standard InChI is InChI=1S/C46H30N2O/c1-3-12-31(13-4-1)35-16-9-18-37(28-35)41-30-42(38-19-10-17-36(29-38)32-14-5-2-6-15-32)48-46(47-41)34-26-24-33(25-27-34)39-21-11-23-44-45(39)40-20-7-8-22-43(40)49-44/h1-30H. The van der Waals surface area contributed by atoms with E-state index in [1.807, 2.05) is 30.3 Å². The summed E-state index contributed by atoms with van der Waals surface area (Å²) in [6.07, 6.45) is 0. The predicted molar refractivity (Wildman–Crippen MR) is 202 cm³/mol. The molecular weight excluding hydrogens is 597 g/mol. The highest BCUT2D eigenvalue weighted by Crippen LogP contribution is 2.38. The molecule has 9 rings (SSSR count). The Hall–Kier alpha value is -6.58. The second-order valence-corrected chi connectivity index (χ2v) is 12.2. The van der Waals surface area contributed by atoms with Crippen LogP contribution in [0.5, 0.6) is 0 Å². The Kier molecular flexibility index (Phi) is 7.14. The highest BCUT2D eigenvalue weighted by atomic mass is 16.3. The van der Waals surface area contributed by atoms with Gasteiger partial charge in [-0.2, -0.15) is 0 Å². The molecule has 49 heavy (non-hydrogen) atoms. The average molecular weight is 627 g/mol. The van der Waals surface area contributed by atoms with Gasteiger partial charge in [0.2, 0.25) is 0 Å². The maximum atomic E-state index is 6.17. The second kappa shape index (κ2) is 12.2. The molecule has 0 aliphatic heterocycles. The van der Waals surface area contributed by atoms with Crippen molar-refractivity contribution < 1.29 is 4.42 Å². The van der Waals surface area contributed by atoms with Gasteiger partial charge >= 0.3 is 0 Å². The quantitative estimate of drug-likeness (QED) is 0.184. The van der Waals surface area contributed by atoms with Crippen molar-refractivity contribution in [2.45, 2.75) is 0 Å². The molecule has 2 heterocycles. The minimum absolute atomic E-state index is 0.682. The molecule has 9 aromatic rings. The zero-order valence-electron chi connectivity index (χ0n) is 26.6. The molecule has 2 aromatic heterocycles. The third-order valence-corrected chi connectivity index (χ3v) is 9.11. The lowest BCUT2D eigenvalue weighted by molar-refractivity contribution is 0.669. The van der Waals surface area contributed by atoms with Gasteiger partial charge in [-0.1, -0.05) is 152 Å². The summed E-state index contributed by atoms with van der Waals surface area (Å²) in [5.41, 5.74) is 13.5. The number of para-hydroxylation sites is 1. The van der Waals surface area contributed by atoms with Crippen molar-refractivity contribution in [3.05, 3.63) is 182 Å². The van der Waals surface area contributed by atoms with Crippen molar-refractivity contribution in [1.29, 1.82) is 0 Å². The van der Waals surface area contributed by atoms with E-state index in [0.29, 0.717) is 5.82 Å². The zero-order valence-corrected chi connectivity index (χ0v) is 26.6. The summed E-state index contributed by atoms with van der Waals surface area (Å²) in [6, 6.07) is 63.3. The molecule has 7 aromatic carbocycles. The lowest BCUT2D eigenvalue weighted by Crippen LogP contribution is -1.96. The van der Waals surface area contributed by atoms with Crippen LogP contribution < -0.4 is 0 Å².